The average molecular weight is 494 g/mol. The molecule has 178 valence electrons. The third-order valence-electron chi connectivity index (χ3n) is 11.6. The Labute approximate surface area is 201 Å². The number of halogens is 1. The molecular weight excluding hydrogens is 444 g/mol. The van der Waals surface area contributed by atoms with E-state index in [4.69, 9.17) is 0 Å². The lowest BCUT2D eigenvalue weighted by atomic mass is 9.44. The minimum absolute atomic E-state index is 0.279. The highest BCUT2D eigenvalue weighted by Gasteiger charge is 2.62. The molecule has 0 aliphatic heterocycles. The van der Waals surface area contributed by atoms with Crippen molar-refractivity contribution in [3.8, 4) is 0 Å². The van der Waals surface area contributed by atoms with E-state index in [0.717, 1.165) is 48.3 Å². The maximum atomic E-state index is 13.4. The topological polar surface area (TPSA) is 17.1 Å². The zero-order chi connectivity index (χ0) is 22.6. The fourth-order valence-corrected chi connectivity index (χ4v) is 10.3. The molecule has 4 saturated carbocycles. The molecule has 0 heterocycles. The maximum absolute atomic E-state index is 13.4. The van der Waals surface area contributed by atoms with Gasteiger partial charge < -0.3 is 0 Å². The van der Waals surface area contributed by atoms with Crippen LogP contribution in [0.5, 0.6) is 0 Å². The molecule has 10 atom stereocenters. The van der Waals surface area contributed by atoms with E-state index in [1.165, 1.54) is 57.8 Å². The average Bonchev–Trinajstić information content (AvgIpc) is 3.07. The van der Waals surface area contributed by atoms with E-state index in [9.17, 15) is 4.79 Å². The first-order chi connectivity index (χ1) is 14.6. The fourth-order valence-electron chi connectivity index (χ4n) is 9.66. The van der Waals surface area contributed by atoms with Crippen molar-refractivity contribution in [3.63, 3.8) is 0 Å². The van der Waals surface area contributed by atoms with Crippen LogP contribution in [-0.2, 0) is 4.79 Å². The fraction of sp³-hybridized carbons (Fsp3) is 0.966. The number of ketones is 1. The van der Waals surface area contributed by atoms with Crippen LogP contribution in [0.1, 0.15) is 112 Å². The van der Waals surface area contributed by atoms with Gasteiger partial charge >= 0.3 is 0 Å². The van der Waals surface area contributed by atoms with Crippen molar-refractivity contribution in [2.45, 2.75) is 117 Å². The summed E-state index contributed by atoms with van der Waals surface area (Å²) in [5.74, 6) is 6.65. The highest BCUT2D eigenvalue weighted by atomic mass is 79.9. The van der Waals surface area contributed by atoms with Crippen molar-refractivity contribution in [1.29, 1.82) is 0 Å². The van der Waals surface area contributed by atoms with E-state index in [-0.39, 0.29) is 5.41 Å². The SMILES string of the molecule is CC[C@H](CC[C@@H](C)[C@@H]1CC[C@H]2[C@H]3CC(=O)[C@H]4C[C@@H](Br)CC[C@]4(C)[C@@H]3CC[C@@]21C)C(C)C. The summed E-state index contributed by atoms with van der Waals surface area (Å²) in [4.78, 5) is 14.0. The van der Waals surface area contributed by atoms with Crippen LogP contribution in [-0.4, -0.2) is 10.6 Å². The van der Waals surface area contributed by atoms with Gasteiger partial charge in [0.1, 0.15) is 5.78 Å². The first-order valence-corrected chi connectivity index (χ1v) is 14.7. The number of Topliss-reactive ketones (excluding diaryl/α,β-unsaturated/α-hetero) is 1. The number of hydrogen-bond donors (Lipinski definition) is 0. The van der Waals surface area contributed by atoms with Gasteiger partial charge in [-0.15, -0.1) is 0 Å². The lowest BCUT2D eigenvalue weighted by molar-refractivity contribution is -0.154. The van der Waals surface area contributed by atoms with Gasteiger partial charge in [-0.1, -0.05) is 70.3 Å². The van der Waals surface area contributed by atoms with E-state index in [1.807, 2.05) is 0 Å². The molecule has 1 nitrogen and oxygen atoms in total. The van der Waals surface area contributed by atoms with Crippen molar-refractivity contribution in [2.24, 2.45) is 58.2 Å². The van der Waals surface area contributed by atoms with Gasteiger partial charge in [0.05, 0.1) is 0 Å². The lowest BCUT2D eigenvalue weighted by Crippen LogP contribution is -2.56. The Kier molecular flexibility index (Phi) is 7.10. The van der Waals surface area contributed by atoms with Crippen molar-refractivity contribution in [2.75, 3.05) is 0 Å². The summed E-state index contributed by atoms with van der Waals surface area (Å²) in [6.45, 7) is 14.9. The zero-order valence-electron chi connectivity index (χ0n) is 21.3. The summed E-state index contributed by atoms with van der Waals surface area (Å²) in [5.41, 5.74) is 0.761. The first-order valence-electron chi connectivity index (χ1n) is 13.8. The second kappa shape index (κ2) is 9.07. The quantitative estimate of drug-likeness (QED) is 0.338. The Hall–Kier alpha value is 0.150. The van der Waals surface area contributed by atoms with Crippen LogP contribution < -0.4 is 0 Å². The summed E-state index contributed by atoms with van der Waals surface area (Å²) >= 11 is 3.85. The molecule has 0 saturated heterocycles. The summed E-state index contributed by atoms with van der Waals surface area (Å²) in [6.07, 6.45) is 14.3. The molecular formula is C29H49BrO. The van der Waals surface area contributed by atoms with Crippen molar-refractivity contribution in [1.82, 2.24) is 0 Å². The van der Waals surface area contributed by atoms with Gasteiger partial charge in [-0.25, -0.2) is 0 Å². The lowest BCUT2D eigenvalue weighted by Gasteiger charge is -2.60. The molecule has 4 aliphatic carbocycles. The first kappa shape index (κ1) is 24.3. The highest BCUT2D eigenvalue weighted by Crippen LogP contribution is 2.68. The van der Waals surface area contributed by atoms with Gasteiger partial charge in [0, 0.05) is 17.2 Å². The standard InChI is InChI=1S/C29H49BrO/c1-7-20(18(2)3)9-8-19(4)23-10-11-24-22-17-27(31)26-16-21(30)12-14-29(26,6)25(22)13-15-28(23,24)5/h18-26H,7-17H2,1-6H3/t19-,20-,21+,22-,23+,24+,25-,26-,28-,29-/m1/s1. The van der Waals surface area contributed by atoms with Gasteiger partial charge in [-0.2, -0.15) is 0 Å². The number of carbonyl (C=O) groups is 1. The molecule has 0 aromatic carbocycles. The second-order valence-electron chi connectivity index (χ2n) is 13.2. The third-order valence-corrected chi connectivity index (χ3v) is 12.4. The number of fused-ring (bicyclic) bond motifs is 5. The summed E-state index contributed by atoms with van der Waals surface area (Å²) in [7, 11) is 0. The Morgan fingerprint density at radius 1 is 0.968 bits per heavy atom. The molecule has 0 spiro atoms. The number of rotatable bonds is 6. The van der Waals surface area contributed by atoms with Crippen LogP contribution in [0, 0.1) is 58.2 Å². The molecule has 2 heteroatoms. The largest absolute Gasteiger partial charge is 0.299 e. The summed E-state index contributed by atoms with van der Waals surface area (Å²) in [6, 6.07) is 0. The Bertz CT molecular complexity index is 657. The highest BCUT2D eigenvalue weighted by molar-refractivity contribution is 9.09. The van der Waals surface area contributed by atoms with Crippen molar-refractivity contribution < 1.29 is 4.79 Å². The third kappa shape index (κ3) is 4.12. The molecule has 0 amide bonds. The van der Waals surface area contributed by atoms with Crippen LogP contribution in [0.3, 0.4) is 0 Å². The van der Waals surface area contributed by atoms with E-state index in [1.54, 1.807) is 0 Å². The number of hydrogen-bond acceptors (Lipinski definition) is 1. The van der Waals surface area contributed by atoms with E-state index < -0.39 is 0 Å². The van der Waals surface area contributed by atoms with Gasteiger partial charge in [-0.05, 0) is 104 Å². The maximum Gasteiger partial charge on any atom is 0.136 e. The number of alkyl halides is 1. The molecule has 0 bridgehead atoms. The number of carbonyl (C=O) groups excluding carboxylic acids is 1. The van der Waals surface area contributed by atoms with Gasteiger partial charge in [0.15, 0.2) is 0 Å². The van der Waals surface area contributed by atoms with Gasteiger partial charge in [0.25, 0.3) is 0 Å². The van der Waals surface area contributed by atoms with E-state index in [2.05, 4.69) is 57.5 Å². The summed E-state index contributed by atoms with van der Waals surface area (Å²) in [5, 5.41) is 0. The Morgan fingerprint density at radius 3 is 2.32 bits per heavy atom. The molecule has 0 N–H and O–H groups in total. The van der Waals surface area contributed by atoms with Crippen molar-refractivity contribution in [3.05, 3.63) is 0 Å². The minimum atomic E-state index is 0.279. The Morgan fingerprint density at radius 2 is 1.65 bits per heavy atom. The van der Waals surface area contributed by atoms with Crippen molar-refractivity contribution >= 4 is 21.7 Å². The minimum Gasteiger partial charge on any atom is -0.299 e. The van der Waals surface area contributed by atoms with Gasteiger partial charge in [0.2, 0.25) is 0 Å². The van der Waals surface area contributed by atoms with Crippen LogP contribution in [0.15, 0.2) is 0 Å². The normalized spacial score (nSPS) is 46.9. The van der Waals surface area contributed by atoms with Crippen LogP contribution in [0.25, 0.3) is 0 Å². The summed E-state index contributed by atoms with van der Waals surface area (Å²) < 4.78 is 0. The molecule has 4 aliphatic rings. The molecule has 0 aromatic heterocycles. The zero-order valence-corrected chi connectivity index (χ0v) is 22.8. The molecule has 0 radical (unpaired) electrons. The predicted octanol–water partition coefficient (Wildman–Crippen LogP) is 8.69. The van der Waals surface area contributed by atoms with Crippen LogP contribution >= 0.6 is 15.9 Å². The molecule has 0 aromatic rings. The molecule has 31 heavy (non-hydrogen) atoms. The van der Waals surface area contributed by atoms with E-state index in [0.29, 0.717) is 27.9 Å². The molecule has 4 rings (SSSR count). The van der Waals surface area contributed by atoms with Crippen LogP contribution in [0.4, 0.5) is 0 Å². The predicted molar refractivity (Wildman–Crippen MR) is 135 cm³/mol. The van der Waals surface area contributed by atoms with Crippen LogP contribution in [0.2, 0.25) is 0 Å². The monoisotopic (exact) mass is 492 g/mol. The smallest absolute Gasteiger partial charge is 0.136 e. The molecule has 4 fully saturated rings. The molecule has 0 unspecified atom stereocenters. The van der Waals surface area contributed by atoms with E-state index >= 15 is 0 Å². The second-order valence-corrected chi connectivity index (χ2v) is 14.5. The van der Waals surface area contributed by atoms with Gasteiger partial charge in [-0.3, -0.25) is 4.79 Å². The Balaban J connectivity index is 1.49.